The van der Waals surface area contributed by atoms with Crippen molar-refractivity contribution in [2.75, 3.05) is 19.6 Å². The van der Waals surface area contributed by atoms with Crippen molar-refractivity contribution in [2.24, 2.45) is 5.92 Å². The summed E-state index contributed by atoms with van der Waals surface area (Å²) in [5, 5.41) is 3.27. The average Bonchev–Trinajstić information content (AvgIpc) is 3.10. The van der Waals surface area contributed by atoms with Gasteiger partial charge in [0, 0.05) is 12.6 Å². The first-order chi connectivity index (χ1) is 8.01. The Labute approximate surface area is 105 Å². The molecule has 5 heteroatoms. The van der Waals surface area contributed by atoms with Crippen LogP contribution in [0.25, 0.3) is 0 Å². The summed E-state index contributed by atoms with van der Waals surface area (Å²) < 4.78 is 26.4. The van der Waals surface area contributed by atoms with E-state index in [4.69, 9.17) is 0 Å². The number of hydrogen-bond donors (Lipinski definition) is 1. The topological polar surface area (TPSA) is 49.4 Å². The van der Waals surface area contributed by atoms with Crippen LogP contribution in [-0.2, 0) is 10.0 Å². The van der Waals surface area contributed by atoms with Crippen LogP contribution in [0.2, 0.25) is 0 Å². The van der Waals surface area contributed by atoms with Crippen molar-refractivity contribution in [2.45, 2.75) is 50.8 Å². The highest BCUT2D eigenvalue weighted by atomic mass is 32.2. The molecule has 100 valence electrons. The first kappa shape index (κ1) is 13.3. The number of hydrogen-bond acceptors (Lipinski definition) is 3. The van der Waals surface area contributed by atoms with E-state index in [1.54, 1.807) is 4.31 Å². The summed E-state index contributed by atoms with van der Waals surface area (Å²) >= 11 is 0. The highest BCUT2D eigenvalue weighted by molar-refractivity contribution is 7.90. The largest absolute Gasteiger partial charge is 0.316 e. The molecule has 0 aromatic carbocycles. The number of rotatable bonds is 5. The molecule has 2 aliphatic rings. The molecule has 1 saturated heterocycles. The minimum absolute atomic E-state index is 0.0820. The summed E-state index contributed by atoms with van der Waals surface area (Å²) in [5.74, 6) is 0.486. The number of piperidine rings is 1. The zero-order valence-corrected chi connectivity index (χ0v) is 11.7. The fourth-order valence-corrected chi connectivity index (χ4v) is 4.62. The lowest BCUT2D eigenvalue weighted by Crippen LogP contribution is -2.45. The van der Waals surface area contributed by atoms with Gasteiger partial charge in [-0.15, -0.1) is 0 Å². The Bertz CT molecular complexity index is 344. The van der Waals surface area contributed by atoms with E-state index >= 15 is 0 Å². The molecule has 1 saturated carbocycles. The molecule has 1 N–H and O–H groups in total. The molecule has 1 unspecified atom stereocenters. The predicted molar refractivity (Wildman–Crippen MR) is 69.4 cm³/mol. The molecule has 1 atom stereocenters. The van der Waals surface area contributed by atoms with E-state index in [-0.39, 0.29) is 11.3 Å². The van der Waals surface area contributed by atoms with Crippen molar-refractivity contribution in [3.05, 3.63) is 0 Å². The molecule has 0 aromatic heterocycles. The molecule has 0 spiro atoms. The van der Waals surface area contributed by atoms with Crippen molar-refractivity contribution >= 4 is 10.0 Å². The van der Waals surface area contributed by atoms with Crippen LogP contribution < -0.4 is 5.32 Å². The Balaban J connectivity index is 2.01. The van der Waals surface area contributed by atoms with Crippen molar-refractivity contribution in [1.29, 1.82) is 0 Å². The normalized spacial score (nSPS) is 26.7. The molecule has 0 radical (unpaired) electrons. The van der Waals surface area contributed by atoms with Crippen molar-refractivity contribution < 1.29 is 8.42 Å². The van der Waals surface area contributed by atoms with Crippen LogP contribution in [0.1, 0.15) is 39.5 Å². The molecule has 1 aliphatic carbocycles. The fraction of sp³-hybridized carbons (Fsp3) is 1.00. The maximum absolute atomic E-state index is 12.3. The highest BCUT2D eigenvalue weighted by Gasteiger charge is 2.41. The number of sulfonamides is 1. The highest BCUT2D eigenvalue weighted by Crippen LogP contribution is 2.32. The SMILES string of the molecule is CC(C)N(CC1CCCNC1)S(=O)(=O)C1CC1. The van der Waals surface area contributed by atoms with Gasteiger partial charge >= 0.3 is 0 Å². The standard InChI is InChI=1S/C12H24N2O2S/c1-10(2)14(17(15,16)12-5-6-12)9-11-4-3-7-13-8-11/h10-13H,3-9H2,1-2H3. The maximum Gasteiger partial charge on any atom is 0.217 e. The van der Waals surface area contributed by atoms with Gasteiger partial charge in [0.1, 0.15) is 0 Å². The van der Waals surface area contributed by atoms with Gasteiger partial charge in [0.2, 0.25) is 10.0 Å². The lowest BCUT2D eigenvalue weighted by molar-refractivity contribution is 0.263. The smallest absolute Gasteiger partial charge is 0.217 e. The van der Waals surface area contributed by atoms with Crippen LogP contribution in [-0.4, -0.2) is 43.6 Å². The van der Waals surface area contributed by atoms with Crippen LogP contribution >= 0.6 is 0 Å². The Morgan fingerprint density at radius 2 is 2.00 bits per heavy atom. The van der Waals surface area contributed by atoms with Gasteiger partial charge in [0.15, 0.2) is 0 Å². The summed E-state index contributed by atoms with van der Waals surface area (Å²) in [5.41, 5.74) is 0. The van der Waals surface area contributed by atoms with Crippen LogP contribution in [0.15, 0.2) is 0 Å². The third-order valence-corrected chi connectivity index (χ3v) is 6.22. The lowest BCUT2D eigenvalue weighted by atomic mass is 9.99. The van der Waals surface area contributed by atoms with Gasteiger partial charge in [-0.1, -0.05) is 0 Å². The van der Waals surface area contributed by atoms with Gasteiger partial charge in [-0.05, 0) is 58.5 Å². The number of nitrogens with zero attached hydrogens (tertiary/aromatic N) is 1. The van der Waals surface area contributed by atoms with Gasteiger partial charge in [-0.25, -0.2) is 8.42 Å². The van der Waals surface area contributed by atoms with E-state index in [0.717, 1.165) is 32.4 Å². The fourth-order valence-electron chi connectivity index (χ4n) is 2.50. The minimum Gasteiger partial charge on any atom is -0.316 e. The molecule has 0 aromatic rings. The van der Waals surface area contributed by atoms with E-state index in [1.165, 1.54) is 6.42 Å². The van der Waals surface area contributed by atoms with Gasteiger partial charge in [-0.2, -0.15) is 4.31 Å². The minimum atomic E-state index is -3.02. The van der Waals surface area contributed by atoms with Crippen molar-refractivity contribution in [1.82, 2.24) is 9.62 Å². The molecular formula is C12H24N2O2S. The molecule has 1 aliphatic heterocycles. The van der Waals surface area contributed by atoms with Crippen molar-refractivity contribution in [3.8, 4) is 0 Å². The predicted octanol–water partition coefficient (Wildman–Crippen LogP) is 1.19. The first-order valence-electron chi connectivity index (χ1n) is 6.73. The zero-order valence-electron chi connectivity index (χ0n) is 10.9. The summed E-state index contributed by atoms with van der Waals surface area (Å²) in [6.07, 6.45) is 4.03. The second-order valence-electron chi connectivity index (χ2n) is 5.62. The lowest BCUT2D eigenvalue weighted by Gasteiger charge is -2.32. The first-order valence-corrected chi connectivity index (χ1v) is 8.23. The Morgan fingerprint density at radius 1 is 1.29 bits per heavy atom. The molecule has 17 heavy (non-hydrogen) atoms. The molecule has 4 nitrogen and oxygen atoms in total. The van der Waals surface area contributed by atoms with Gasteiger partial charge in [0.05, 0.1) is 5.25 Å². The second-order valence-corrected chi connectivity index (χ2v) is 7.79. The molecule has 2 fully saturated rings. The molecule has 0 bridgehead atoms. The Kier molecular flexibility index (Phi) is 4.10. The van der Waals surface area contributed by atoms with Crippen LogP contribution in [0.3, 0.4) is 0 Å². The molecular weight excluding hydrogens is 236 g/mol. The van der Waals surface area contributed by atoms with Crippen molar-refractivity contribution in [3.63, 3.8) is 0 Å². The summed E-state index contributed by atoms with van der Waals surface area (Å²) in [4.78, 5) is 0. The van der Waals surface area contributed by atoms with Crippen LogP contribution in [0, 0.1) is 5.92 Å². The second kappa shape index (κ2) is 5.24. The molecule has 2 rings (SSSR count). The van der Waals surface area contributed by atoms with Crippen LogP contribution in [0.4, 0.5) is 0 Å². The molecule has 1 heterocycles. The van der Waals surface area contributed by atoms with Gasteiger partial charge in [-0.3, -0.25) is 0 Å². The van der Waals surface area contributed by atoms with E-state index in [9.17, 15) is 8.42 Å². The Morgan fingerprint density at radius 3 is 2.47 bits per heavy atom. The van der Waals surface area contributed by atoms with E-state index in [0.29, 0.717) is 12.5 Å². The third kappa shape index (κ3) is 3.20. The maximum atomic E-state index is 12.3. The Hall–Kier alpha value is -0.130. The summed E-state index contributed by atoms with van der Waals surface area (Å²) in [7, 11) is -3.02. The molecule has 0 amide bonds. The summed E-state index contributed by atoms with van der Waals surface area (Å²) in [6, 6.07) is 0.0857. The number of nitrogens with one attached hydrogen (secondary N) is 1. The van der Waals surface area contributed by atoms with Gasteiger partial charge in [0.25, 0.3) is 0 Å². The van der Waals surface area contributed by atoms with Gasteiger partial charge < -0.3 is 5.32 Å². The average molecular weight is 260 g/mol. The van der Waals surface area contributed by atoms with E-state index in [2.05, 4.69) is 5.32 Å². The zero-order chi connectivity index (χ0) is 12.5. The summed E-state index contributed by atoms with van der Waals surface area (Å²) in [6.45, 7) is 6.70. The monoisotopic (exact) mass is 260 g/mol. The van der Waals surface area contributed by atoms with E-state index < -0.39 is 10.0 Å². The quantitative estimate of drug-likeness (QED) is 0.808. The van der Waals surface area contributed by atoms with E-state index in [1.807, 2.05) is 13.8 Å². The third-order valence-electron chi connectivity index (χ3n) is 3.69. The van der Waals surface area contributed by atoms with Crippen LogP contribution in [0.5, 0.6) is 0 Å².